The Bertz CT molecular complexity index is 141. The highest BCUT2D eigenvalue weighted by Crippen LogP contribution is 2.23. The Hall–Kier alpha value is 0.347. The number of rotatable bonds is 6. The van der Waals surface area contributed by atoms with Gasteiger partial charge in [0.1, 0.15) is 6.10 Å². The van der Waals surface area contributed by atoms with Gasteiger partial charge < -0.3 is 14.2 Å². The normalized spacial score (nSPS) is 14.1. The van der Waals surface area contributed by atoms with Crippen molar-refractivity contribution in [1.82, 2.24) is 4.90 Å². The molecule has 0 aromatic carbocycles. The molecule has 0 aromatic heterocycles. The van der Waals surface area contributed by atoms with Gasteiger partial charge in [0.25, 0.3) is 5.91 Å². The molecule has 0 radical (unpaired) electrons. The zero-order valence-corrected chi connectivity index (χ0v) is 12.7. The van der Waals surface area contributed by atoms with E-state index in [9.17, 15) is 0 Å². The van der Waals surface area contributed by atoms with E-state index in [2.05, 4.69) is 0 Å². The quantitative estimate of drug-likeness (QED) is 0.474. The van der Waals surface area contributed by atoms with Gasteiger partial charge >= 0.3 is 0 Å². The van der Waals surface area contributed by atoms with Crippen molar-refractivity contribution in [1.29, 1.82) is 0 Å². The molecule has 4 nitrogen and oxygen atoms in total. The zero-order valence-electron chi connectivity index (χ0n) is 9.86. The molecule has 1 unspecified atom stereocenters. The van der Waals surface area contributed by atoms with Gasteiger partial charge in [-0.1, -0.05) is 0 Å². The van der Waals surface area contributed by atoms with Crippen LogP contribution >= 0.6 is 12.4 Å². The van der Waals surface area contributed by atoms with Crippen LogP contribution in [0, 0.1) is 0 Å². The van der Waals surface area contributed by atoms with Crippen molar-refractivity contribution in [2.75, 3.05) is 35.4 Å². The van der Waals surface area contributed by atoms with Gasteiger partial charge in [0.05, 0.1) is 0 Å². The van der Waals surface area contributed by atoms with E-state index in [0.717, 1.165) is 16.3 Å². The molecule has 88 valence electrons. The van der Waals surface area contributed by atoms with E-state index in [-0.39, 0.29) is 18.5 Å². The average Bonchev–Trinajstić information content (AvgIpc) is 2.13. The Morgan fingerprint density at radius 3 is 1.71 bits per heavy atom. The molecule has 6 heteroatoms. The van der Waals surface area contributed by atoms with Gasteiger partial charge in [-0.05, 0) is 20.1 Å². The summed E-state index contributed by atoms with van der Waals surface area (Å²) in [5.74, 6) is -0.753. The molecule has 0 spiro atoms. The van der Waals surface area contributed by atoms with Crippen molar-refractivity contribution in [3.63, 3.8) is 0 Å². The Balaban J connectivity index is 0. The van der Waals surface area contributed by atoms with Gasteiger partial charge in [-0.2, -0.15) is 0 Å². The summed E-state index contributed by atoms with van der Waals surface area (Å²) in [6.45, 7) is 0. The lowest BCUT2D eigenvalue weighted by Gasteiger charge is -2.41. The monoisotopic (exact) mass is 243 g/mol. The molecule has 0 aliphatic carbocycles. The van der Waals surface area contributed by atoms with Crippen LogP contribution in [-0.2, 0) is 14.2 Å². The number of ether oxygens (including phenoxy) is 3. The van der Waals surface area contributed by atoms with Crippen molar-refractivity contribution < 1.29 is 14.2 Å². The lowest BCUT2D eigenvalue weighted by Crippen LogP contribution is -2.57. The van der Waals surface area contributed by atoms with Gasteiger partial charge in [-0.25, -0.2) is 0 Å². The second kappa shape index (κ2) is 7.61. The van der Waals surface area contributed by atoms with Crippen LogP contribution in [0.5, 0.6) is 0 Å². The van der Waals surface area contributed by atoms with E-state index in [1.165, 1.54) is 0 Å². The second-order valence-corrected chi connectivity index (χ2v) is 3.88. The Morgan fingerprint density at radius 1 is 1.21 bits per heavy atom. The molecule has 0 heterocycles. The number of halogens is 1. The molecule has 0 aromatic rings. The van der Waals surface area contributed by atoms with Crippen molar-refractivity contribution in [2.24, 2.45) is 0 Å². The molecule has 0 amide bonds. The first kappa shape index (κ1) is 16.8. The Kier molecular flexibility index (Phi) is 9.12. The fourth-order valence-corrected chi connectivity index (χ4v) is 2.42. The minimum atomic E-state index is -0.753. The maximum Gasteiger partial charge on any atom is 0.256 e. The summed E-state index contributed by atoms with van der Waals surface area (Å²) in [6.07, 6.45) is -0.0378. The van der Waals surface area contributed by atoms with Crippen LogP contribution in [0.1, 0.15) is 0 Å². The van der Waals surface area contributed by atoms with Crippen molar-refractivity contribution >= 4 is 22.6 Å². The highest BCUT2D eigenvalue weighted by atomic mass is 35.5. The van der Waals surface area contributed by atoms with E-state index in [1.54, 1.807) is 21.3 Å². The highest BCUT2D eigenvalue weighted by molar-refractivity contribution is 6.08. The highest BCUT2D eigenvalue weighted by Gasteiger charge is 2.41. The molecule has 14 heavy (non-hydrogen) atoms. The van der Waals surface area contributed by atoms with Crippen LogP contribution in [-0.4, -0.2) is 62.6 Å². The summed E-state index contributed by atoms with van der Waals surface area (Å²) in [5, 5.41) is 0. The fraction of sp³-hybridized carbons (Fsp3) is 1.00. The molecule has 0 saturated heterocycles. The number of hydrogen-bond acceptors (Lipinski definition) is 4. The molecule has 1 atom stereocenters. The predicted molar refractivity (Wildman–Crippen MR) is 63.2 cm³/mol. The van der Waals surface area contributed by atoms with Gasteiger partial charge in [-0.3, -0.25) is 4.90 Å². The van der Waals surface area contributed by atoms with Crippen molar-refractivity contribution in [2.45, 2.75) is 18.1 Å². The Labute approximate surface area is 95.7 Å². The predicted octanol–water partition coefficient (Wildman–Crippen LogP) is -0.285. The first-order valence-electron chi connectivity index (χ1n) is 4.39. The molecule has 0 aliphatic rings. The van der Waals surface area contributed by atoms with Crippen LogP contribution in [0.2, 0.25) is 6.04 Å². The third-order valence-electron chi connectivity index (χ3n) is 2.27. The summed E-state index contributed by atoms with van der Waals surface area (Å²) in [6, 6.07) is 0.969. The minimum absolute atomic E-state index is 0. The second-order valence-electron chi connectivity index (χ2n) is 3.07. The molecule has 0 N–H and O–H groups in total. The number of nitrogens with zero attached hydrogens (tertiary/aromatic N) is 1. The lowest BCUT2D eigenvalue weighted by atomic mass is 10.2. The van der Waals surface area contributed by atoms with Gasteiger partial charge in [0.2, 0.25) is 0 Å². The first-order valence-corrected chi connectivity index (χ1v) is 5.80. The smallest absolute Gasteiger partial charge is 0.256 e. The summed E-state index contributed by atoms with van der Waals surface area (Å²) < 4.78 is 16.1. The summed E-state index contributed by atoms with van der Waals surface area (Å²) in [5.41, 5.74) is 0. The average molecular weight is 244 g/mol. The van der Waals surface area contributed by atoms with Gasteiger partial charge in [-0.15, -0.1) is 12.4 Å². The van der Waals surface area contributed by atoms with E-state index in [1.807, 2.05) is 19.0 Å². The van der Waals surface area contributed by atoms with Crippen LogP contribution in [0.15, 0.2) is 0 Å². The standard InChI is InChI=1S/C8H21NO3Si.ClH/c1-9(2)8(11-4,12-5)7(6-13)10-3;/h7H,6H2,1-5,13H3;1H. The van der Waals surface area contributed by atoms with Gasteiger partial charge in [0, 0.05) is 31.6 Å². The minimum Gasteiger partial charge on any atom is -0.375 e. The van der Waals surface area contributed by atoms with E-state index in [0.29, 0.717) is 0 Å². The third kappa shape index (κ3) is 3.18. The number of likely N-dealkylation sites (N-methyl/N-ethyl adjacent to an activating group) is 1. The third-order valence-corrected chi connectivity index (χ3v) is 3.01. The molecule has 0 fully saturated rings. The fourth-order valence-electron chi connectivity index (χ4n) is 1.57. The van der Waals surface area contributed by atoms with E-state index < -0.39 is 5.91 Å². The zero-order chi connectivity index (χ0) is 10.5. The van der Waals surface area contributed by atoms with E-state index in [4.69, 9.17) is 14.2 Å². The number of hydrogen-bond donors (Lipinski definition) is 0. The first-order chi connectivity index (χ1) is 6.08. The SMILES string of the molecule is COC(C[SiH3])C(OC)(OC)N(C)C.Cl. The Morgan fingerprint density at radius 2 is 1.64 bits per heavy atom. The van der Waals surface area contributed by atoms with Crippen molar-refractivity contribution in [3.8, 4) is 0 Å². The van der Waals surface area contributed by atoms with Crippen LogP contribution < -0.4 is 0 Å². The van der Waals surface area contributed by atoms with E-state index >= 15 is 0 Å². The maximum absolute atomic E-state index is 5.39. The summed E-state index contributed by atoms with van der Waals surface area (Å²) in [4.78, 5) is 1.89. The summed E-state index contributed by atoms with van der Waals surface area (Å²) in [7, 11) is 9.82. The van der Waals surface area contributed by atoms with Crippen molar-refractivity contribution in [3.05, 3.63) is 0 Å². The molecule has 0 bridgehead atoms. The molecule has 0 aliphatic heterocycles. The largest absolute Gasteiger partial charge is 0.375 e. The van der Waals surface area contributed by atoms with Crippen LogP contribution in [0.4, 0.5) is 0 Å². The van der Waals surface area contributed by atoms with Gasteiger partial charge in [0.15, 0.2) is 0 Å². The molecular weight excluding hydrogens is 222 g/mol. The maximum atomic E-state index is 5.39. The van der Waals surface area contributed by atoms with Crippen LogP contribution in [0.25, 0.3) is 0 Å². The number of methoxy groups -OCH3 is 3. The topological polar surface area (TPSA) is 30.9 Å². The molecule has 0 rings (SSSR count). The summed E-state index contributed by atoms with van der Waals surface area (Å²) >= 11 is 0. The molecule has 0 saturated carbocycles. The lowest BCUT2D eigenvalue weighted by molar-refractivity contribution is -0.326. The molecular formula is C8H22ClNO3Si. The van der Waals surface area contributed by atoms with Crippen LogP contribution in [0.3, 0.4) is 0 Å².